The van der Waals surface area contributed by atoms with Crippen molar-refractivity contribution < 1.29 is 24.2 Å². The molecule has 0 fully saturated rings. The lowest BCUT2D eigenvalue weighted by Crippen LogP contribution is -2.44. The maximum absolute atomic E-state index is 12.3. The third-order valence-corrected chi connectivity index (χ3v) is 3.73. The fourth-order valence-corrected chi connectivity index (χ4v) is 2.53. The molecule has 1 heterocycles. The number of hydrogen-bond acceptors (Lipinski definition) is 4. The van der Waals surface area contributed by atoms with E-state index in [1.54, 1.807) is 19.9 Å². The zero-order valence-corrected chi connectivity index (χ0v) is 13.7. The van der Waals surface area contributed by atoms with Crippen LogP contribution in [0.2, 0.25) is 0 Å². The molecule has 6 heteroatoms. The molecule has 1 aliphatic rings. The molecule has 1 amide bonds. The van der Waals surface area contributed by atoms with Crippen molar-refractivity contribution in [2.45, 2.75) is 45.8 Å². The van der Waals surface area contributed by atoms with Crippen LogP contribution in [-0.2, 0) is 4.79 Å². The number of fused-ring (bicyclic) bond motifs is 1. The van der Waals surface area contributed by atoms with Crippen LogP contribution >= 0.6 is 0 Å². The Hall–Kier alpha value is -2.37. The van der Waals surface area contributed by atoms with E-state index in [1.807, 2.05) is 13.8 Å². The molecule has 6 nitrogen and oxygen atoms in total. The molecule has 2 rings (SSSR count). The molecule has 1 atom stereocenters. The van der Waals surface area contributed by atoms with Crippen LogP contribution in [0.1, 0.15) is 54.8 Å². The third kappa shape index (κ3) is 3.70. The number of nitrogens with one attached hydrogen (secondary N) is 1. The number of aliphatic carboxylic acids is 1. The first kappa shape index (κ1) is 17.0. The molecular weight excluding hydrogens is 298 g/mol. The van der Waals surface area contributed by atoms with Crippen LogP contribution in [-0.4, -0.2) is 34.4 Å². The smallest absolute Gasteiger partial charge is 0.326 e. The van der Waals surface area contributed by atoms with Gasteiger partial charge in [-0.25, -0.2) is 4.79 Å². The number of ether oxygens (including phenoxy) is 1. The van der Waals surface area contributed by atoms with E-state index in [-0.39, 0.29) is 23.7 Å². The van der Waals surface area contributed by atoms with Gasteiger partial charge in [-0.3, -0.25) is 9.59 Å². The zero-order valence-electron chi connectivity index (χ0n) is 13.7. The van der Waals surface area contributed by atoms with Crippen molar-refractivity contribution in [2.75, 3.05) is 0 Å². The highest BCUT2D eigenvalue weighted by Crippen LogP contribution is 2.33. The van der Waals surface area contributed by atoms with Gasteiger partial charge in [0.1, 0.15) is 17.4 Å². The van der Waals surface area contributed by atoms with Crippen LogP contribution in [0, 0.1) is 5.92 Å². The summed E-state index contributed by atoms with van der Waals surface area (Å²) in [5.74, 6) is -1.51. The number of carboxylic acid groups (broad SMARTS) is 1. The molecule has 0 spiro atoms. The Morgan fingerprint density at radius 2 is 1.96 bits per heavy atom. The van der Waals surface area contributed by atoms with Gasteiger partial charge in [0.25, 0.3) is 5.91 Å². The van der Waals surface area contributed by atoms with E-state index in [9.17, 15) is 14.4 Å². The van der Waals surface area contributed by atoms with E-state index in [0.717, 1.165) is 0 Å². The fourth-order valence-electron chi connectivity index (χ4n) is 2.53. The summed E-state index contributed by atoms with van der Waals surface area (Å²) in [7, 11) is 0. The summed E-state index contributed by atoms with van der Waals surface area (Å²) in [6.45, 7) is 7.08. The first-order valence-corrected chi connectivity index (χ1v) is 7.50. The zero-order chi connectivity index (χ0) is 17.4. The molecule has 0 bridgehead atoms. The first-order chi connectivity index (χ1) is 10.6. The van der Waals surface area contributed by atoms with Gasteiger partial charge in [-0.05, 0) is 38.0 Å². The molecule has 124 valence electrons. The van der Waals surface area contributed by atoms with Gasteiger partial charge < -0.3 is 15.2 Å². The summed E-state index contributed by atoms with van der Waals surface area (Å²) in [5, 5.41) is 11.6. The number of hydrogen-bond donors (Lipinski definition) is 2. The number of ketones is 1. The topological polar surface area (TPSA) is 92.7 Å². The summed E-state index contributed by atoms with van der Waals surface area (Å²) in [4.78, 5) is 35.6. The highest BCUT2D eigenvalue weighted by molar-refractivity contribution is 6.04. The molecule has 0 saturated heterocycles. The second-order valence-corrected chi connectivity index (χ2v) is 6.71. The van der Waals surface area contributed by atoms with Crippen molar-refractivity contribution in [1.82, 2.24) is 5.32 Å². The quantitative estimate of drug-likeness (QED) is 0.888. The minimum absolute atomic E-state index is 0.0930. The Kier molecular flexibility index (Phi) is 4.45. The minimum Gasteiger partial charge on any atom is -0.487 e. The number of Topliss-reactive ketones (excluding diaryl/α,β-unsaturated/α-hetero) is 1. The van der Waals surface area contributed by atoms with Gasteiger partial charge in [0.15, 0.2) is 5.78 Å². The van der Waals surface area contributed by atoms with Gasteiger partial charge in [0.05, 0.1) is 12.0 Å². The molecule has 1 aromatic rings. The summed E-state index contributed by atoms with van der Waals surface area (Å²) in [6, 6.07) is 3.59. The van der Waals surface area contributed by atoms with Crippen molar-refractivity contribution in [2.24, 2.45) is 5.92 Å². The second-order valence-electron chi connectivity index (χ2n) is 6.71. The first-order valence-electron chi connectivity index (χ1n) is 7.50. The fraction of sp³-hybridized carbons (Fsp3) is 0.471. The molecular formula is C17H21NO5. The molecule has 2 N–H and O–H groups in total. The van der Waals surface area contributed by atoms with E-state index in [0.29, 0.717) is 11.3 Å². The molecule has 1 unspecified atom stereocenters. The number of carbonyl (C=O) groups is 3. The maximum atomic E-state index is 12.3. The minimum atomic E-state index is -1.09. The van der Waals surface area contributed by atoms with E-state index in [2.05, 4.69) is 5.32 Å². The number of benzene rings is 1. The number of carbonyl (C=O) groups excluding carboxylic acids is 2. The van der Waals surface area contributed by atoms with Crippen LogP contribution in [0.4, 0.5) is 0 Å². The largest absolute Gasteiger partial charge is 0.487 e. The van der Waals surface area contributed by atoms with Crippen LogP contribution in [0.25, 0.3) is 0 Å². The highest BCUT2D eigenvalue weighted by Gasteiger charge is 2.33. The van der Waals surface area contributed by atoms with Crippen molar-refractivity contribution >= 4 is 17.7 Å². The van der Waals surface area contributed by atoms with Crippen molar-refractivity contribution in [1.29, 1.82) is 0 Å². The highest BCUT2D eigenvalue weighted by atomic mass is 16.5. The SMILES string of the molecule is CC(C)C(NC(=O)c1ccc2c(c1)C(=O)CC(C)(C)O2)C(=O)O. The molecule has 0 aromatic heterocycles. The summed E-state index contributed by atoms with van der Waals surface area (Å²) in [5.41, 5.74) is 0.0283. The van der Waals surface area contributed by atoms with Gasteiger partial charge in [-0.1, -0.05) is 13.8 Å². The van der Waals surface area contributed by atoms with Gasteiger partial charge in [-0.15, -0.1) is 0 Å². The van der Waals surface area contributed by atoms with Crippen molar-refractivity contribution in [3.63, 3.8) is 0 Å². The summed E-state index contributed by atoms with van der Waals surface area (Å²) in [6.07, 6.45) is 0.231. The number of rotatable bonds is 4. The predicted molar refractivity (Wildman–Crippen MR) is 83.8 cm³/mol. The van der Waals surface area contributed by atoms with Crippen LogP contribution in [0.5, 0.6) is 5.75 Å². The molecule has 0 aliphatic carbocycles. The normalized spacial score (nSPS) is 17.2. The molecule has 1 aliphatic heterocycles. The van der Waals surface area contributed by atoms with E-state index >= 15 is 0 Å². The lowest BCUT2D eigenvalue weighted by atomic mass is 9.92. The molecule has 0 radical (unpaired) electrons. The Bertz CT molecular complexity index is 663. The molecule has 0 saturated carbocycles. The van der Waals surface area contributed by atoms with Crippen molar-refractivity contribution in [3.05, 3.63) is 29.3 Å². The monoisotopic (exact) mass is 319 g/mol. The second kappa shape index (κ2) is 6.02. The van der Waals surface area contributed by atoms with Gasteiger partial charge >= 0.3 is 5.97 Å². The van der Waals surface area contributed by atoms with E-state index in [4.69, 9.17) is 9.84 Å². The summed E-state index contributed by atoms with van der Waals surface area (Å²) >= 11 is 0. The Balaban J connectivity index is 2.26. The van der Waals surface area contributed by atoms with Gasteiger partial charge in [0, 0.05) is 5.56 Å². The van der Waals surface area contributed by atoms with E-state index < -0.39 is 23.5 Å². The van der Waals surface area contributed by atoms with Crippen LogP contribution < -0.4 is 10.1 Å². The molecule has 1 aromatic carbocycles. The van der Waals surface area contributed by atoms with Crippen molar-refractivity contribution in [3.8, 4) is 5.75 Å². The lowest BCUT2D eigenvalue weighted by Gasteiger charge is -2.31. The Morgan fingerprint density at radius 1 is 1.30 bits per heavy atom. The Morgan fingerprint density at radius 3 is 2.52 bits per heavy atom. The number of carboxylic acids is 1. The Labute approximate surface area is 134 Å². The van der Waals surface area contributed by atoms with E-state index in [1.165, 1.54) is 12.1 Å². The maximum Gasteiger partial charge on any atom is 0.326 e. The van der Waals surface area contributed by atoms with Gasteiger partial charge in [0.2, 0.25) is 0 Å². The van der Waals surface area contributed by atoms with Gasteiger partial charge in [-0.2, -0.15) is 0 Å². The molecule has 23 heavy (non-hydrogen) atoms. The standard InChI is InChI=1S/C17H21NO5/c1-9(2)14(16(21)22)18-15(20)10-5-6-13-11(7-10)12(19)8-17(3,4)23-13/h5-7,9,14H,8H2,1-4H3,(H,18,20)(H,21,22). The average Bonchev–Trinajstić information content (AvgIpc) is 2.42. The lowest BCUT2D eigenvalue weighted by molar-refractivity contribution is -0.140. The third-order valence-electron chi connectivity index (χ3n) is 3.73. The predicted octanol–water partition coefficient (Wildman–Crippen LogP) is 2.27. The van der Waals surface area contributed by atoms with Crippen LogP contribution in [0.3, 0.4) is 0 Å². The average molecular weight is 319 g/mol. The number of amides is 1. The van der Waals surface area contributed by atoms with Crippen LogP contribution in [0.15, 0.2) is 18.2 Å². The summed E-state index contributed by atoms with van der Waals surface area (Å²) < 4.78 is 5.74.